The van der Waals surface area contributed by atoms with Crippen LogP contribution in [-0.4, -0.2) is 41.8 Å². The Labute approximate surface area is 198 Å². The van der Waals surface area contributed by atoms with Crippen molar-refractivity contribution in [3.63, 3.8) is 0 Å². The minimum Gasteiger partial charge on any atom is -0.495 e. The third-order valence-corrected chi connectivity index (χ3v) is 6.04. The quantitative estimate of drug-likeness (QED) is 0.430. The Balaban J connectivity index is 2.56. The number of nitrogens with one attached hydrogen (secondary N) is 1. The average Bonchev–Trinajstić information content (AvgIpc) is 3.17. The molecule has 180 valence electrons. The van der Waals surface area contributed by atoms with Gasteiger partial charge < -0.3 is 21.5 Å². The second kappa shape index (κ2) is 12.2. The van der Waals surface area contributed by atoms with E-state index < -0.39 is 17.9 Å². The summed E-state index contributed by atoms with van der Waals surface area (Å²) in [7, 11) is 1.50. The zero-order valence-electron chi connectivity index (χ0n) is 19.6. The van der Waals surface area contributed by atoms with Crippen molar-refractivity contribution in [1.29, 1.82) is 0 Å². The molecule has 0 saturated heterocycles. The second-order valence-electron chi connectivity index (χ2n) is 8.12. The van der Waals surface area contributed by atoms with Gasteiger partial charge in [0, 0.05) is 6.54 Å². The van der Waals surface area contributed by atoms with Crippen molar-refractivity contribution in [3.05, 3.63) is 34.8 Å². The van der Waals surface area contributed by atoms with Gasteiger partial charge in [-0.15, -0.1) is 0 Å². The molecule has 0 fully saturated rings. The molecule has 5 N–H and O–H groups in total. The van der Waals surface area contributed by atoms with E-state index in [-0.39, 0.29) is 22.2 Å². The van der Waals surface area contributed by atoms with E-state index in [1.807, 2.05) is 6.92 Å². The number of benzene rings is 1. The summed E-state index contributed by atoms with van der Waals surface area (Å²) in [5.74, 6) is -0.764. The number of para-hydroxylation sites is 2. The van der Waals surface area contributed by atoms with Crippen LogP contribution in [0.1, 0.15) is 66.6 Å². The largest absolute Gasteiger partial charge is 0.495 e. The Morgan fingerprint density at radius 3 is 2.48 bits per heavy atom. The maximum absolute atomic E-state index is 13.8. The molecule has 0 radical (unpaired) electrons. The standard InChI is InChI=1S/C23H33N5O4S/c1-5-6-9-16(22(30)26-13-12-14(2)3)28(15-10-7-8-11-17(15)32-4)23(31)20-18(24)19(21(25)29)27-33-20/h7-8,10-11,14,16H,5-6,9,12-13,24H2,1-4H3,(H2,25,29)(H,26,30)/t16-/m1/s1. The molecular weight excluding hydrogens is 442 g/mol. The van der Waals surface area contributed by atoms with Crippen LogP contribution in [-0.2, 0) is 4.79 Å². The van der Waals surface area contributed by atoms with Crippen LogP contribution in [0.3, 0.4) is 0 Å². The van der Waals surface area contributed by atoms with E-state index in [0.29, 0.717) is 30.3 Å². The van der Waals surface area contributed by atoms with Gasteiger partial charge in [-0.25, -0.2) is 0 Å². The van der Waals surface area contributed by atoms with Crippen LogP contribution >= 0.6 is 11.5 Å². The Morgan fingerprint density at radius 1 is 1.21 bits per heavy atom. The van der Waals surface area contributed by atoms with E-state index >= 15 is 0 Å². The first-order valence-corrected chi connectivity index (χ1v) is 11.8. The van der Waals surface area contributed by atoms with E-state index in [1.54, 1.807) is 24.3 Å². The van der Waals surface area contributed by atoms with Crippen LogP contribution in [0.4, 0.5) is 11.4 Å². The smallest absolute Gasteiger partial charge is 0.272 e. The molecule has 9 nitrogen and oxygen atoms in total. The summed E-state index contributed by atoms with van der Waals surface area (Å²) in [4.78, 5) is 40.2. The fourth-order valence-electron chi connectivity index (χ4n) is 3.36. The monoisotopic (exact) mass is 475 g/mol. The summed E-state index contributed by atoms with van der Waals surface area (Å²) in [6.07, 6.45) is 2.83. The lowest BCUT2D eigenvalue weighted by molar-refractivity contribution is -0.122. The maximum Gasteiger partial charge on any atom is 0.272 e. The molecule has 0 saturated carbocycles. The molecular formula is C23H33N5O4S. The lowest BCUT2D eigenvalue weighted by Gasteiger charge is -2.32. The number of hydrogen-bond donors (Lipinski definition) is 3. The average molecular weight is 476 g/mol. The first-order valence-electron chi connectivity index (χ1n) is 11.0. The number of nitrogens with zero attached hydrogens (tertiary/aromatic N) is 2. The summed E-state index contributed by atoms with van der Waals surface area (Å²) in [6.45, 7) is 6.67. The number of primary amides is 1. The third kappa shape index (κ3) is 6.44. The van der Waals surface area contributed by atoms with E-state index in [0.717, 1.165) is 30.8 Å². The highest BCUT2D eigenvalue weighted by atomic mass is 32.1. The van der Waals surface area contributed by atoms with E-state index in [1.165, 1.54) is 12.0 Å². The number of rotatable bonds is 12. The molecule has 33 heavy (non-hydrogen) atoms. The topological polar surface area (TPSA) is 141 Å². The van der Waals surface area contributed by atoms with Crippen molar-refractivity contribution in [2.24, 2.45) is 11.7 Å². The van der Waals surface area contributed by atoms with Gasteiger partial charge in [-0.05, 0) is 42.4 Å². The molecule has 3 amide bonds. The van der Waals surface area contributed by atoms with E-state index in [2.05, 4.69) is 23.5 Å². The van der Waals surface area contributed by atoms with Gasteiger partial charge in [-0.3, -0.25) is 19.3 Å². The number of ether oxygens (including phenoxy) is 1. The Kier molecular flexibility index (Phi) is 9.65. The summed E-state index contributed by atoms with van der Waals surface area (Å²) in [6, 6.07) is 6.16. The molecule has 0 bridgehead atoms. The number of carbonyl (C=O) groups is 3. The number of amides is 3. The van der Waals surface area contributed by atoms with Crippen molar-refractivity contribution in [2.45, 2.75) is 52.5 Å². The molecule has 1 aromatic heterocycles. The van der Waals surface area contributed by atoms with Gasteiger partial charge in [0.05, 0.1) is 18.5 Å². The van der Waals surface area contributed by atoms with Crippen LogP contribution in [0.2, 0.25) is 0 Å². The Hall–Kier alpha value is -3.14. The highest BCUT2D eigenvalue weighted by Gasteiger charge is 2.35. The van der Waals surface area contributed by atoms with Crippen LogP contribution in [0.15, 0.2) is 24.3 Å². The normalized spacial score (nSPS) is 11.8. The zero-order valence-corrected chi connectivity index (χ0v) is 20.4. The first kappa shape index (κ1) is 26.1. The van der Waals surface area contributed by atoms with Crippen LogP contribution in [0.5, 0.6) is 5.75 Å². The zero-order chi connectivity index (χ0) is 24.5. The summed E-state index contributed by atoms with van der Waals surface area (Å²) in [5, 5.41) is 2.96. The number of aromatic nitrogens is 1. The molecule has 0 aliphatic heterocycles. The minimum atomic E-state index is -0.819. The van der Waals surface area contributed by atoms with Gasteiger partial charge >= 0.3 is 0 Å². The molecule has 1 heterocycles. The minimum absolute atomic E-state index is 0.0474. The van der Waals surface area contributed by atoms with Gasteiger partial charge in [0.2, 0.25) is 5.91 Å². The highest BCUT2D eigenvalue weighted by Crippen LogP contribution is 2.34. The first-order chi connectivity index (χ1) is 15.7. The lowest BCUT2D eigenvalue weighted by atomic mass is 10.0. The van der Waals surface area contributed by atoms with Crippen LogP contribution in [0, 0.1) is 5.92 Å². The molecule has 2 aromatic rings. The molecule has 0 unspecified atom stereocenters. The number of hydrogen-bond acceptors (Lipinski definition) is 7. The highest BCUT2D eigenvalue weighted by molar-refractivity contribution is 7.09. The van der Waals surface area contributed by atoms with Crippen LogP contribution < -0.4 is 26.4 Å². The summed E-state index contributed by atoms with van der Waals surface area (Å²) < 4.78 is 9.44. The SMILES string of the molecule is CCCC[C@H](C(=O)NCCC(C)C)N(C(=O)c1snc(C(N)=O)c1N)c1ccccc1OC. The van der Waals surface area contributed by atoms with Crippen molar-refractivity contribution < 1.29 is 19.1 Å². The fraction of sp³-hybridized carbons (Fsp3) is 0.478. The van der Waals surface area contributed by atoms with Crippen molar-refractivity contribution in [3.8, 4) is 5.75 Å². The fourth-order valence-corrected chi connectivity index (χ4v) is 4.11. The van der Waals surface area contributed by atoms with Gasteiger partial charge in [-0.2, -0.15) is 4.37 Å². The van der Waals surface area contributed by atoms with Crippen molar-refractivity contribution in [1.82, 2.24) is 9.69 Å². The predicted molar refractivity (Wildman–Crippen MR) is 131 cm³/mol. The molecule has 2 rings (SSSR count). The van der Waals surface area contributed by atoms with Crippen molar-refractivity contribution in [2.75, 3.05) is 24.3 Å². The number of unbranched alkanes of at least 4 members (excludes halogenated alkanes) is 1. The summed E-state index contributed by atoms with van der Waals surface area (Å²) in [5.41, 5.74) is 11.6. The van der Waals surface area contributed by atoms with Gasteiger partial charge in [-0.1, -0.05) is 45.7 Å². The number of carbonyl (C=O) groups excluding carboxylic acids is 3. The second-order valence-corrected chi connectivity index (χ2v) is 8.89. The molecule has 0 aliphatic rings. The van der Waals surface area contributed by atoms with Gasteiger partial charge in [0.1, 0.15) is 16.7 Å². The van der Waals surface area contributed by atoms with Crippen LogP contribution in [0.25, 0.3) is 0 Å². The van der Waals surface area contributed by atoms with Gasteiger partial charge in [0.15, 0.2) is 5.69 Å². The molecule has 0 aliphatic carbocycles. The molecule has 10 heteroatoms. The molecule has 1 atom stereocenters. The number of nitrogen functional groups attached to an aromatic ring is 1. The number of nitrogens with two attached hydrogens (primary N) is 2. The maximum atomic E-state index is 13.8. The number of methoxy groups -OCH3 is 1. The molecule has 0 spiro atoms. The number of anilines is 2. The Morgan fingerprint density at radius 2 is 1.91 bits per heavy atom. The Bertz CT molecular complexity index is 976. The predicted octanol–water partition coefficient (Wildman–Crippen LogP) is 3.20. The third-order valence-electron chi connectivity index (χ3n) is 5.19. The lowest BCUT2D eigenvalue weighted by Crippen LogP contribution is -2.50. The van der Waals surface area contributed by atoms with E-state index in [4.69, 9.17) is 16.2 Å². The van der Waals surface area contributed by atoms with Gasteiger partial charge in [0.25, 0.3) is 11.8 Å². The van der Waals surface area contributed by atoms with E-state index in [9.17, 15) is 14.4 Å². The summed E-state index contributed by atoms with van der Waals surface area (Å²) >= 11 is 0.784. The van der Waals surface area contributed by atoms with Crippen molar-refractivity contribution >= 4 is 40.6 Å². The molecule has 1 aromatic carbocycles.